The first kappa shape index (κ1) is 13.5. The molecule has 0 atom stereocenters. The summed E-state index contributed by atoms with van der Waals surface area (Å²) in [5, 5.41) is 6.06. The summed E-state index contributed by atoms with van der Waals surface area (Å²) in [4.78, 5) is 11.9. The lowest BCUT2D eigenvalue weighted by atomic mass is 10.1. The molecule has 1 heterocycles. The Morgan fingerprint density at radius 3 is 2.74 bits per heavy atom. The largest absolute Gasteiger partial charge is 0.495 e. The maximum absolute atomic E-state index is 11.9. The number of carbonyl (C=O) groups is 1. The van der Waals surface area contributed by atoms with Crippen LogP contribution in [0.4, 0.5) is 16.2 Å². The van der Waals surface area contributed by atoms with Gasteiger partial charge in [0, 0.05) is 17.8 Å². The molecule has 0 saturated heterocycles. The Morgan fingerprint density at radius 1 is 1.37 bits per heavy atom. The highest BCUT2D eigenvalue weighted by Gasteiger charge is 2.22. The number of carbonyl (C=O) groups excluding carboxylic acids is 1. The van der Waals surface area contributed by atoms with E-state index in [0.717, 1.165) is 24.2 Å². The first-order chi connectivity index (χ1) is 8.90. The quantitative estimate of drug-likeness (QED) is 0.862. The van der Waals surface area contributed by atoms with E-state index in [0.29, 0.717) is 11.4 Å². The Labute approximate surface area is 113 Å². The average Bonchev–Trinajstić information content (AvgIpc) is 2.75. The SMILES string of the molecule is COc1ccc2c(c1NC(=O)OC(C)(C)C)CCN2. The van der Waals surface area contributed by atoms with Crippen LogP contribution in [-0.2, 0) is 11.2 Å². The van der Waals surface area contributed by atoms with Gasteiger partial charge in [0.25, 0.3) is 0 Å². The number of amides is 1. The summed E-state index contributed by atoms with van der Waals surface area (Å²) >= 11 is 0. The fourth-order valence-corrected chi connectivity index (χ4v) is 2.09. The van der Waals surface area contributed by atoms with Crippen molar-refractivity contribution in [3.63, 3.8) is 0 Å². The molecule has 1 aromatic rings. The number of rotatable bonds is 2. The minimum Gasteiger partial charge on any atom is -0.495 e. The van der Waals surface area contributed by atoms with E-state index in [1.165, 1.54) is 0 Å². The maximum atomic E-state index is 11.9. The zero-order valence-electron chi connectivity index (χ0n) is 11.8. The van der Waals surface area contributed by atoms with E-state index in [4.69, 9.17) is 9.47 Å². The standard InChI is InChI=1S/C14H20N2O3/c1-14(2,3)19-13(17)16-12-9-7-8-15-10(9)5-6-11(12)18-4/h5-6,15H,7-8H2,1-4H3,(H,16,17). The van der Waals surface area contributed by atoms with Crippen LogP contribution < -0.4 is 15.4 Å². The number of fused-ring (bicyclic) bond motifs is 1. The number of ether oxygens (including phenoxy) is 2. The summed E-state index contributed by atoms with van der Waals surface area (Å²) in [6.45, 7) is 6.37. The van der Waals surface area contributed by atoms with Gasteiger partial charge in [0.05, 0.1) is 12.8 Å². The van der Waals surface area contributed by atoms with Crippen LogP contribution in [0.3, 0.4) is 0 Å². The molecule has 1 aromatic carbocycles. The number of benzene rings is 1. The minimum atomic E-state index is -0.520. The van der Waals surface area contributed by atoms with Crippen LogP contribution in [0.5, 0.6) is 5.75 Å². The summed E-state index contributed by atoms with van der Waals surface area (Å²) < 4.78 is 10.6. The first-order valence-electron chi connectivity index (χ1n) is 6.34. The summed E-state index contributed by atoms with van der Waals surface area (Å²) in [6, 6.07) is 3.80. The third-order valence-corrected chi connectivity index (χ3v) is 2.81. The molecule has 104 valence electrons. The Kier molecular flexibility index (Phi) is 3.55. The number of anilines is 2. The summed E-state index contributed by atoms with van der Waals surface area (Å²) in [6.07, 6.45) is 0.392. The number of methoxy groups -OCH3 is 1. The van der Waals surface area contributed by atoms with Gasteiger partial charge in [-0.3, -0.25) is 5.32 Å². The van der Waals surface area contributed by atoms with Crippen LogP contribution in [-0.4, -0.2) is 25.3 Å². The van der Waals surface area contributed by atoms with Crippen molar-refractivity contribution in [2.24, 2.45) is 0 Å². The monoisotopic (exact) mass is 264 g/mol. The third-order valence-electron chi connectivity index (χ3n) is 2.81. The zero-order valence-corrected chi connectivity index (χ0v) is 11.8. The molecule has 0 fully saturated rings. The van der Waals surface area contributed by atoms with Gasteiger partial charge in [-0.2, -0.15) is 0 Å². The van der Waals surface area contributed by atoms with Crippen molar-refractivity contribution in [2.75, 3.05) is 24.3 Å². The van der Waals surface area contributed by atoms with Crippen molar-refractivity contribution in [3.8, 4) is 5.75 Å². The van der Waals surface area contributed by atoms with Crippen LogP contribution in [0.15, 0.2) is 12.1 Å². The van der Waals surface area contributed by atoms with Crippen molar-refractivity contribution in [1.82, 2.24) is 0 Å². The lowest BCUT2D eigenvalue weighted by Crippen LogP contribution is -2.27. The summed E-state index contributed by atoms with van der Waals surface area (Å²) in [5.74, 6) is 0.647. The Hall–Kier alpha value is -1.91. The van der Waals surface area contributed by atoms with Crippen molar-refractivity contribution in [2.45, 2.75) is 32.8 Å². The molecule has 0 saturated carbocycles. The molecule has 19 heavy (non-hydrogen) atoms. The molecule has 0 radical (unpaired) electrons. The average molecular weight is 264 g/mol. The maximum Gasteiger partial charge on any atom is 0.412 e. The molecular weight excluding hydrogens is 244 g/mol. The van der Waals surface area contributed by atoms with Gasteiger partial charge >= 0.3 is 6.09 Å². The van der Waals surface area contributed by atoms with E-state index in [2.05, 4.69) is 10.6 Å². The van der Waals surface area contributed by atoms with E-state index < -0.39 is 11.7 Å². The highest BCUT2D eigenvalue weighted by molar-refractivity contribution is 5.90. The molecule has 2 rings (SSSR count). The molecular formula is C14H20N2O3. The van der Waals surface area contributed by atoms with E-state index in [-0.39, 0.29) is 0 Å². The van der Waals surface area contributed by atoms with E-state index in [1.54, 1.807) is 7.11 Å². The molecule has 5 nitrogen and oxygen atoms in total. The molecule has 0 aromatic heterocycles. The van der Waals surface area contributed by atoms with Gasteiger partial charge in [-0.25, -0.2) is 4.79 Å². The predicted octanol–water partition coefficient (Wildman–Crippen LogP) is 3.01. The smallest absolute Gasteiger partial charge is 0.412 e. The van der Waals surface area contributed by atoms with Crippen molar-refractivity contribution < 1.29 is 14.3 Å². The summed E-state index contributed by atoms with van der Waals surface area (Å²) in [7, 11) is 1.59. The summed E-state index contributed by atoms with van der Waals surface area (Å²) in [5.41, 5.74) is 2.27. The molecule has 1 aliphatic heterocycles. The van der Waals surface area contributed by atoms with Crippen molar-refractivity contribution >= 4 is 17.5 Å². The second-order valence-corrected chi connectivity index (χ2v) is 5.47. The van der Waals surface area contributed by atoms with Crippen LogP contribution in [0.25, 0.3) is 0 Å². The van der Waals surface area contributed by atoms with Crippen molar-refractivity contribution in [3.05, 3.63) is 17.7 Å². The van der Waals surface area contributed by atoms with Gasteiger partial charge in [0.1, 0.15) is 11.4 Å². The molecule has 0 bridgehead atoms. The second-order valence-electron chi connectivity index (χ2n) is 5.47. The van der Waals surface area contributed by atoms with Crippen LogP contribution in [0.2, 0.25) is 0 Å². The lowest BCUT2D eigenvalue weighted by molar-refractivity contribution is 0.0635. The Bertz CT molecular complexity index is 492. The molecule has 5 heteroatoms. The normalized spacial score (nSPS) is 13.5. The van der Waals surface area contributed by atoms with Gasteiger partial charge in [0.15, 0.2) is 0 Å². The third kappa shape index (κ3) is 3.10. The second kappa shape index (κ2) is 4.99. The van der Waals surface area contributed by atoms with Crippen LogP contribution >= 0.6 is 0 Å². The van der Waals surface area contributed by atoms with E-state index >= 15 is 0 Å². The number of nitrogens with one attached hydrogen (secondary N) is 2. The number of hydrogen-bond acceptors (Lipinski definition) is 4. The molecule has 2 N–H and O–H groups in total. The van der Waals surface area contributed by atoms with E-state index in [9.17, 15) is 4.79 Å². The fourth-order valence-electron chi connectivity index (χ4n) is 2.09. The van der Waals surface area contributed by atoms with Gasteiger partial charge in [-0.15, -0.1) is 0 Å². The lowest BCUT2D eigenvalue weighted by Gasteiger charge is -2.21. The highest BCUT2D eigenvalue weighted by atomic mass is 16.6. The fraction of sp³-hybridized carbons (Fsp3) is 0.500. The highest BCUT2D eigenvalue weighted by Crippen LogP contribution is 2.37. The minimum absolute atomic E-state index is 0.467. The molecule has 1 amide bonds. The molecule has 1 aliphatic rings. The van der Waals surface area contributed by atoms with Gasteiger partial charge in [0.2, 0.25) is 0 Å². The predicted molar refractivity (Wildman–Crippen MR) is 75.0 cm³/mol. The topological polar surface area (TPSA) is 59.6 Å². The Balaban J connectivity index is 2.24. The Morgan fingerprint density at radius 2 is 2.11 bits per heavy atom. The van der Waals surface area contributed by atoms with Gasteiger partial charge in [-0.1, -0.05) is 0 Å². The van der Waals surface area contributed by atoms with Crippen molar-refractivity contribution in [1.29, 1.82) is 0 Å². The van der Waals surface area contributed by atoms with Gasteiger partial charge in [-0.05, 0) is 39.3 Å². The molecule has 0 spiro atoms. The van der Waals surface area contributed by atoms with Crippen LogP contribution in [0.1, 0.15) is 26.3 Å². The first-order valence-corrected chi connectivity index (χ1v) is 6.34. The van der Waals surface area contributed by atoms with E-state index in [1.807, 2.05) is 32.9 Å². The molecule has 0 unspecified atom stereocenters. The zero-order chi connectivity index (χ0) is 14.0. The van der Waals surface area contributed by atoms with Crippen LogP contribution in [0, 0.1) is 0 Å². The number of hydrogen-bond donors (Lipinski definition) is 2. The van der Waals surface area contributed by atoms with Gasteiger partial charge < -0.3 is 14.8 Å². The molecule has 0 aliphatic carbocycles.